The first kappa shape index (κ1) is 23.8. The summed E-state index contributed by atoms with van der Waals surface area (Å²) in [7, 11) is 0. The SMILES string of the molecule is Cc1snc(-c2ccc(-c3ccc(C4(C(=O)O)CC4)cc3)cc2)c1NC(=O)OC(C)c1ccccc1. The second-order valence-electron chi connectivity index (χ2n) is 9.09. The van der Waals surface area contributed by atoms with Crippen LogP contribution in [0.25, 0.3) is 22.4 Å². The highest BCUT2D eigenvalue weighted by molar-refractivity contribution is 7.06. The van der Waals surface area contributed by atoms with Crippen LogP contribution in [-0.2, 0) is 14.9 Å². The number of nitrogens with one attached hydrogen (secondary N) is 1. The molecule has 2 N–H and O–H groups in total. The van der Waals surface area contributed by atoms with Crippen LogP contribution in [0, 0.1) is 6.92 Å². The first-order valence-electron chi connectivity index (χ1n) is 11.8. The Balaban J connectivity index is 1.30. The van der Waals surface area contributed by atoms with Gasteiger partial charge in [0.1, 0.15) is 11.8 Å². The van der Waals surface area contributed by atoms with E-state index in [1.807, 2.05) is 92.7 Å². The maximum atomic E-state index is 12.6. The summed E-state index contributed by atoms with van der Waals surface area (Å²) in [5, 5.41) is 12.4. The van der Waals surface area contributed by atoms with E-state index in [4.69, 9.17) is 4.74 Å². The van der Waals surface area contributed by atoms with Crippen LogP contribution in [0.15, 0.2) is 78.9 Å². The lowest BCUT2D eigenvalue weighted by Crippen LogP contribution is -2.19. The third-order valence-electron chi connectivity index (χ3n) is 6.73. The Morgan fingerprint density at radius 1 is 0.944 bits per heavy atom. The zero-order chi connectivity index (χ0) is 25.3. The second kappa shape index (κ2) is 9.59. The lowest BCUT2D eigenvalue weighted by Gasteiger charge is -2.15. The first-order valence-corrected chi connectivity index (χ1v) is 12.6. The number of carbonyl (C=O) groups excluding carboxylic acids is 1. The van der Waals surface area contributed by atoms with Crippen molar-refractivity contribution in [1.29, 1.82) is 0 Å². The van der Waals surface area contributed by atoms with Gasteiger partial charge in [-0.15, -0.1) is 0 Å². The van der Waals surface area contributed by atoms with Crippen LogP contribution in [0.4, 0.5) is 10.5 Å². The van der Waals surface area contributed by atoms with E-state index in [2.05, 4.69) is 9.69 Å². The van der Waals surface area contributed by atoms with E-state index in [1.54, 1.807) is 0 Å². The summed E-state index contributed by atoms with van der Waals surface area (Å²) >= 11 is 1.33. The normalized spacial score (nSPS) is 14.6. The minimum absolute atomic E-state index is 0.377. The molecule has 1 saturated carbocycles. The molecule has 4 aromatic rings. The van der Waals surface area contributed by atoms with Crippen molar-refractivity contribution in [3.63, 3.8) is 0 Å². The van der Waals surface area contributed by atoms with Gasteiger partial charge in [-0.05, 0) is 60.5 Å². The van der Waals surface area contributed by atoms with Gasteiger partial charge >= 0.3 is 12.1 Å². The van der Waals surface area contributed by atoms with E-state index in [0.29, 0.717) is 24.2 Å². The summed E-state index contributed by atoms with van der Waals surface area (Å²) in [6.07, 6.45) is 0.483. The standard InChI is InChI=1S/C29H26N2O4S/c1-18(20-6-4-3-5-7-20)35-28(34)30-25-19(2)36-31-26(25)23-10-8-21(9-11-23)22-12-14-24(15-13-22)29(16-17-29)27(32)33/h3-15,18H,16-17H2,1-2H3,(H,30,34)(H,32,33). The van der Waals surface area contributed by atoms with Gasteiger partial charge in [0.2, 0.25) is 0 Å². The molecule has 1 aliphatic carbocycles. The largest absolute Gasteiger partial charge is 0.481 e. The zero-order valence-corrected chi connectivity index (χ0v) is 20.8. The molecule has 0 bridgehead atoms. The van der Waals surface area contributed by atoms with E-state index >= 15 is 0 Å². The first-order chi connectivity index (χ1) is 17.4. The molecular formula is C29H26N2O4S. The van der Waals surface area contributed by atoms with E-state index in [0.717, 1.165) is 32.7 Å². The monoisotopic (exact) mass is 498 g/mol. The number of hydrogen-bond acceptors (Lipinski definition) is 5. The van der Waals surface area contributed by atoms with Crippen LogP contribution in [0.5, 0.6) is 0 Å². The molecule has 1 amide bonds. The van der Waals surface area contributed by atoms with Gasteiger partial charge in [-0.2, -0.15) is 4.37 Å². The van der Waals surface area contributed by atoms with Gasteiger partial charge < -0.3 is 9.84 Å². The number of nitrogens with zero attached hydrogens (tertiary/aromatic N) is 1. The number of ether oxygens (including phenoxy) is 1. The number of carbonyl (C=O) groups is 2. The van der Waals surface area contributed by atoms with Gasteiger partial charge in [-0.25, -0.2) is 4.79 Å². The van der Waals surface area contributed by atoms with Crippen molar-refractivity contribution in [2.45, 2.75) is 38.2 Å². The van der Waals surface area contributed by atoms with Crippen molar-refractivity contribution in [3.8, 4) is 22.4 Å². The number of rotatable bonds is 7. The van der Waals surface area contributed by atoms with E-state index in [9.17, 15) is 14.7 Å². The average Bonchev–Trinajstić information content (AvgIpc) is 3.64. The number of anilines is 1. The van der Waals surface area contributed by atoms with Crippen LogP contribution < -0.4 is 5.32 Å². The molecule has 1 unspecified atom stereocenters. The fourth-order valence-corrected chi connectivity index (χ4v) is 5.02. The van der Waals surface area contributed by atoms with E-state index in [1.165, 1.54) is 11.5 Å². The minimum atomic E-state index is -0.749. The van der Waals surface area contributed by atoms with E-state index in [-0.39, 0.29) is 6.10 Å². The predicted molar refractivity (Wildman–Crippen MR) is 141 cm³/mol. The molecule has 1 aliphatic rings. The molecule has 1 heterocycles. The van der Waals surface area contributed by atoms with Crippen molar-refractivity contribution < 1.29 is 19.4 Å². The number of aliphatic carboxylic acids is 1. The third kappa shape index (κ3) is 4.62. The predicted octanol–water partition coefficient (Wildman–Crippen LogP) is 7.21. The highest BCUT2D eigenvalue weighted by Gasteiger charge is 2.51. The summed E-state index contributed by atoms with van der Waals surface area (Å²) in [6, 6.07) is 25.3. The van der Waals surface area contributed by atoms with E-state index < -0.39 is 17.5 Å². The van der Waals surface area contributed by atoms with Crippen LogP contribution in [0.1, 0.15) is 41.9 Å². The van der Waals surface area contributed by atoms with Gasteiger partial charge in [0, 0.05) is 10.4 Å². The molecule has 3 aromatic carbocycles. The molecule has 36 heavy (non-hydrogen) atoms. The summed E-state index contributed by atoms with van der Waals surface area (Å²) < 4.78 is 10.1. The molecule has 6 nitrogen and oxygen atoms in total. The summed E-state index contributed by atoms with van der Waals surface area (Å²) in [5.41, 5.74) is 5.33. The maximum Gasteiger partial charge on any atom is 0.412 e. The van der Waals surface area contributed by atoms with Gasteiger partial charge in [-0.3, -0.25) is 10.1 Å². The average molecular weight is 499 g/mol. The molecule has 7 heteroatoms. The Morgan fingerprint density at radius 3 is 2.11 bits per heavy atom. The Morgan fingerprint density at radius 2 is 1.53 bits per heavy atom. The van der Waals surface area contributed by atoms with Gasteiger partial charge in [0.05, 0.1) is 11.1 Å². The highest BCUT2D eigenvalue weighted by Crippen LogP contribution is 2.48. The van der Waals surface area contributed by atoms with Crippen LogP contribution in [0.2, 0.25) is 0 Å². The summed E-state index contributed by atoms with van der Waals surface area (Å²) in [4.78, 5) is 25.1. The summed E-state index contributed by atoms with van der Waals surface area (Å²) in [5.74, 6) is -0.749. The number of aromatic nitrogens is 1. The fraction of sp³-hybridized carbons (Fsp3) is 0.207. The fourth-order valence-electron chi connectivity index (χ4n) is 4.35. The van der Waals surface area contributed by atoms with Crippen molar-refractivity contribution in [2.24, 2.45) is 0 Å². The lowest BCUT2D eigenvalue weighted by atomic mass is 9.93. The topological polar surface area (TPSA) is 88.5 Å². The molecule has 182 valence electrons. The number of amides is 1. The van der Waals surface area contributed by atoms with Crippen molar-refractivity contribution in [2.75, 3.05) is 5.32 Å². The number of aryl methyl sites for hydroxylation is 1. The van der Waals surface area contributed by atoms with Crippen LogP contribution >= 0.6 is 11.5 Å². The number of carboxylic acid groups (broad SMARTS) is 1. The molecule has 0 saturated heterocycles. The molecule has 1 atom stereocenters. The van der Waals surface area contributed by atoms with Crippen molar-refractivity contribution >= 4 is 29.3 Å². The van der Waals surface area contributed by atoms with Gasteiger partial charge in [-0.1, -0.05) is 78.9 Å². The Bertz CT molecular complexity index is 1390. The molecular weight excluding hydrogens is 472 g/mol. The number of hydrogen-bond donors (Lipinski definition) is 2. The quantitative estimate of drug-likeness (QED) is 0.281. The lowest BCUT2D eigenvalue weighted by molar-refractivity contribution is -0.140. The maximum absolute atomic E-state index is 12.6. The smallest absolute Gasteiger partial charge is 0.412 e. The molecule has 0 spiro atoms. The Hall–Kier alpha value is -3.97. The van der Waals surface area contributed by atoms with Gasteiger partial charge in [0.15, 0.2) is 0 Å². The number of carboxylic acids is 1. The molecule has 0 radical (unpaired) electrons. The van der Waals surface area contributed by atoms with Gasteiger partial charge in [0.25, 0.3) is 0 Å². The van der Waals surface area contributed by atoms with Crippen LogP contribution in [-0.4, -0.2) is 21.5 Å². The molecule has 5 rings (SSSR count). The Labute approximate surface area is 213 Å². The second-order valence-corrected chi connectivity index (χ2v) is 10.1. The minimum Gasteiger partial charge on any atom is -0.481 e. The molecule has 0 aliphatic heterocycles. The van der Waals surface area contributed by atoms with Crippen molar-refractivity contribution in [1.82, 2.24) is 4.37 Å². The molecule has 1 aromatic heterocycles. The zero-order valence-electron chi connectivity index (χ0n) is 20.0. The van der Waals surface area contributed by atoms with Crippen molar-refractivity contribution in [3.05, 3.63) is 94.9 Å². The Kier molecular flexibility index (Phi) is 6.33. The third-order valence-corrected chi connectivity index (χ3v) is 7.48. The number of benzene rings is 3. The highest BCUT2D eigenvalue weighted by atomic mass is 32.1. The molecule has 1 fully saturated rings. The van der Waals surface area contributed by atoms with Crippen LogP contribution in [0.3, 0.4) is 0 Å². The summed E-state index contributed by atoms with van der Waals surface area (Å²) in [6.45, 7) is 3.75.